The maximum absolute atomic E-state index is 12.5. The van der Waals surface area contributed by atoms with E-state index in [0.29, 0.717) is 13.1 Å². The number of hydrogen-bond acceptors (Lipinski definition) is 3. The Morgan fingerprint density at radius 3 is 2.46 bits per heavy atom. The number of benzene rings is 1. The van der Waals surface area contributed by atoms with Crippen LogP contribution in [0.15, 0.2) is 35.2 Å². The van der Waals surface area contributed by atoms with E-state index in [9.17, 15) is 13.2 Å². The molecule has 0 fully saturated rings. The molecule has 6 nitrogen and oxygen atoms in total. The molecule has 1 amide bonds. The molecule has 0 aliphatic carbocycles. The number of carbonyl (C=O) groups is 1. The number of fused-ring (bicyclic) bond motifs is 1. The van der Waals surface area contributed by atoms with Crippen LogP contribution >= 0.6 is 0 Å². The molecule has 3 rings (SSSR count). The van der Waals surface area contributed by atoms with Gasteiger partial charge in [0.05, 0.1) is 11.3 Å². The summed E-state index contributed by atoms with van der Waals surface area (Å²) in [6, 6.07) is 8.85. The Balaban J connectivity index is 1.72. The summed E-state index contributed by atoms with van der Waals surface area (Å²) >= 11 is 0. The summed E-state index contributed by atoms with van der Waals surface area (Å²) in [7, 11) is -1.89. The van der Waals surface area contributed by atoms with E-state index in [1.807, 2.05) is 26.0 Å². The zero-order valence-electron chi connectivity index (χ0n) is 14.0. The van der Waals surface area contributed by atoms with Gasteiger partial charge in [-0.2, -0.15) is 0 Å². The number of aryl methyl sites for hydroxylation is 2. The fourth-order valence-electron chi connectivity index (χ4n) is 3.04. The Hall–Kier alpha value is -2.12. The predicted octanol–water partition coefficient (Wildman–Crippen LogP) is 1.60. The summed E-state index contributed by atoms with van der Waals surface area (Å²) in [5.74, 6) is -0.0222. The minimum absolute atomic E-state index is 0.0222. The van der Waals surface area contributed by atoms with Crippen molar-refractivity contribution in [3.05, 3.63) is 47.3 Å². The highest BCUT2D eigenvalue weighted by Gasteiger charge is 2.26. The van der Waals surface area contributed by atoms with Gasteiger partial charge in [-0.1, -0.05) is 0 Å². The first-order valence-corrected chi connectivity index (χ1v) is 9.30. The van der Waals surface area contributed by atoms with Gasteiger partial charge in [-0.3, -0.25) is 4.79 Å². The number of nitrogens with one attached hydrogen (secondary N) is 1. The molecule has 1 aliphatic heterocycles. The molecule has 0 spiro atoms. The summed E-state index contributed by atoms with van der Waals surface area (Å²) in [5, 5.41) is 0. The molecule has 1 aliphatic rings. The third-order valence-corrected chi connectivity index (χ3v) is 5.94. The quantitative estimate of drug-likeness (QED) is 0.893. The van der Waals surface area contributed by atoms with Gasteiger partial charge in [0, 0.05) is 37.2 Å². The second kappa shape index (κ2) is 6.07. The third kappa shape index (κ3) is 2.97. The lowest BCUT2D eigenvalue weighted by molar-refractivity contribution is -0.117. The van der Waals surface area contributed by atoms with Crippen LogP contribution in [-0.2, 0) is 27.8 Å². The minimum Gasteiger partial charge on any atom is -0.348 e. The van der Waals surface area contributed by atoms with E-state index in [0.717, 1.165) is 22.6 Å². The number of likely N-dealkylation sites (N-methyl/N-ethyl adjacent to an activating group) is 1. The van der Waals surface area contributed by atoms with E-state index in [1.165, 1.54) is 0 Å². The van der Waals surface area contributed by atoms with Crippen LogP contribution in [0.2, 0.25) is 0 Å². The standard InChI is InChI=1S/C17H21N3O3S/c1-12-4-5-13(2)20(12)9-8-18-24(22,23)15-6-7-16-14(10-15)11-17(21)19(16)3/h4-7,10,18H,8-9,11H2,1-3H3. The molecule has 1 aromatic heterocycles. The Morgan fingerprint density at radius 1 is 1.12 bits per heavy atom. The van der Waals surface area contributed by atoms with Crippen LogP contribution in [0.5, 0.6) is 0 Å². The van der Waals surface area contributed by atoms with Crippen molar-refractivity contribution in [1.29, 1.82) is 0 Å². The molecule has 128 valence electrons. The molecule has 7 heteroatoms. The molecule has 0 unspecified atom stereocenters. The fourth-order valence-corrected chi connectivity index (χ4v) is 4.11. The normalized spacial score (nSPS) is 14.3. The van der Waals surface area contributed by atoms with Crippen LogP contribution in [0.3, 0.4) is 0 Å². The van der Waals surface area contributed by atoms with Crippen molar-refractivity contribution < 1.29 is 13.2 Å². The highest BCUT2D eigenvalue weighted by atomic mass is 32.2. The first kappa shape index (κ1) is 16.7. The lowest BCUT2D eigenvalue weighted by atomic mass is 10.2. The average Bonchev–Trinajstić information content (AvgIpc) is 3.00. The second-order valence-corrected chi connectivity index (χ2v) is 7.85. The van der Waals surface area contributed by atoms with Crippen LogP contribution < -0.4 is 9.62 Å². The molecular formula is C17H21N3O3S. The average molecular weight is 347 g/mol. The highest BCUT2D eigenvalue weighted by molar-refractivity contribution is 7.89. The zero-order chi connectivity index (χ0) is 17.5. The molecule has 0 bridgehead atoms. The Morgan fingerprint density at radius 2 is 1.79 bits per heavy atom. The monoisotopic (exact) mass is 347 g/mol. The second-order valence-electron chi connectivity index (χ2n) is 6.09. The van der Waals surface area contributed by atoms with Crippen LogP contribution in [-0.4, -0.2) is 32.5 Å². The van der Waals surface area contributed by atoms with Crippen molar-refractivity contribution in [2.75, 3.05) is 18.5 Å². The Kier molecular flexibility index (Phi) is 4.23. The van der Waals surface area contributed by atoms with Crippen LogP contribution in [0.25, 0.3) is 0 Å². The van der Waals surface area contributed by atoms with Gasteiger partial charge in [0.25, 0.3) is 0 Å². The predicted molar refractivity (Wildman–Crippen MR) is 92.7 cm³/mol. The lowest BCUT2D eigenvalue weighted by Gasteiger charge is -2.13. The minimum atomic E-state index is -3.59. The lowest BCUT2D eigenvalue weighted by Crippen LogP contribution is -2.28. The molecule has 0 saturated heterocycles. The number of nitrogens with zero attached hydrogens (tertiary/aromatic N) is 2. The zero-order valence-corrected chi connectivity index (χ0v) is 14.9. The first-order chi connectivity index (χ1) is 11.3. The van der Waals surface area contributed by atoms with Gasteiger partial charge in [-0.25, -0.2) is 13.1 Å². The molecule has 0 saturated carbocycles. The van der Waals surface area contributed by atoms with E-state index in [-0.39, 0.29) is 17.2 Å². The van der Waals surface area contributed by atoms with Crippen molar-refractivity contribution in [3.63, 3.8) is 0 Å². The number of carbonyl (C=O) groups excluding carboxylic acids is 1. The molecule has 0 radical (unpaired) electrons. The van der Waals surface area contributed by atoms with E-state index in [2.05, 4.69) is 9.29 Å². The van der Waals surface area contributed by atoms with Crippen LogP contribution in [0, 0.1) is 13.8 Å². The molecule has 2 heterocycles. The number of rotatable bonds is 5. The van der Waals surface area contributed by atoms with Gasteiger partial charge < -0.3 is 9.47 Å². The SMILES string of the molecule is Cc1ccc(C)n1CCNS(=O)(=O)c1ccc2c(c1)CC(=O)N2C. The molecule has 0 atom stereocenters. The third-order valence-electron chi connectivity index (χ3n) is 4.48. The fraction of sp³-hybridized carbons (Fsp3) is 0.353. The summed E-state index contributed by atoms with van der Waals surface area (Å²) in [5.41, 5.74) is 3.73. The van der Waals surface area contributed by atoms with Crippen molar-refractivity contribution in [3.8, 4) is 0 Å². The number of sulfonamides is 1. The smallest absolute Gasteiger partial charge is 0.240 e. The highest BCUT2D eigenvalue weighted by Crippen LogP contribution is 2.29. The Bertz CT molecular complexity index is 880. The molecular weight excluding hydrogens is 326 g/mol. The summed E-state index contributed by atoms with van der Waals surface area (Å²) in [4.78, 5) is 13.5. The summed E-state index contributed by atoms with van der Waals surface area (Å²) < 4.78 is 29.7. The molecule has 2 aromatic rings. The van der Waals surface area contributed by atoms with Crippen molar-refractivity contribution in [2.24, 2.45) is 0 Å². The Labute approximate surface area is 142 Å². The van der Waals surface area contributed by atoms with Gasteiger partial charge in [0.1, 0.15) is 0 Å². The van der Waals surface area contributed by atoms with E-state index in [4.69, 9.17) is 0 Å². The van der Waals surface area contributed by atoms with Gasteiger partial charge in [-0.15, -0.1) is 0 Å². The maximum Gasteiger partial charge on any atom is 0.240 e. The van der Waals surface area contributed by atoms with Gasteiger partial charge in [0.15, 0.2) is 0 Å². The van der Waals surface area contributed by atoms with Crippen molar-refractivity contribution in [1.82, 2.24) is 9.29 Å². The van der Waals surface area contributed by atoms with Gasteiger partial charge in [-0.05, 0) is 49.7 Å². The number of anilines is 1. The molecule has 1 N–H and O–H groups in total. The van der Waals surface area contributed by atoms with Crippen molar-refractivity contribution >= 4 is 21.6 Å². The van der Waals surface area contributed by atoms with Crippen LogP contribution in [0.1, 0.15) is 17.0 Å². The van der Waals surface area contributed by atoms with E-state index >= 15 is 0 Å². The van der Waals surface area contributed by atoms with Crippen LogP contribution in [0.4, 0.5) is 5.69 Å². The van der Waals surface area contributed by atoms with Gasteiger partial charge >= 0.3 is 0 Å². The number of hydrogen-bond donors (Lipinski definition) is 1. The van der Waals surface area contributed by atoms with E-state index in [1.54, 1.807) is 30.1 Å². The van der Waals surface area contributed by atoms with Gasteiger partial charge in [0.2, 0.25) is 15.9 Å². The summed E-state index contributed by atoms with van der Waals surface area (Å²) in [6.45, 7) is 4.88. The summed E-state index contributed by atoms with van der Waals surface area (Å²) in [6.07, 6.45) is 0.247. The maximum atomic E-state index is 12.5. The number of aromatic nitrogens is 1. The molecule has 1 aromatic carbocycles. The first-order valence-electron chi connectivity index (χ1n) is 7.81. The number of amides is 1. The molecule has 24 heavy (non-hydrogen) atoms. The van der Waals surface area contributed by atoms with E-state index < -0.39 is 10.0 Å². The van der Waals surface area contributed by atoms with Crippen molar-refractivity contribution in [2.45, 2.75) is 31.7 Å². The largest absolute Gasteiger partial charge is 0.348 e. The topological polar surface area (TPSA) is 71.4 Å².